The Labute approximate surface area is 440 Å². The van der Waals surface area contributed by atoms with E-state index < -0.39 is 91.4 Å². The number of anilines is 1. The van der Waals surface area contributed by atoms with Crippen molar-refractivity contribution in [2.45, 2.75) is 95.9 Å². The van der Waals surface area contributed by atoms with Gasteiger partial charge in [-0.25, -0.2) is 24.0 Å². The van der Waals surface area contributed by atoms with Crippen LogP contribution in [0.4, 0.5) is 28.6 Å². The van der Waals surface area contributed by atoms with Crippen LogP contribution in [-0.4, -0.2) is 152 Å². The van der Waals surface area contributed by atoms with E-state index in [4.69, 9.17) is 30.8 Å². The second kappa shape index (κ2) is 24.9. The second-order valence-electron chi connectivity index (χ2n) is 20.5. The molecule has 0 unspecified atom stereocenters. The van der Waals surface area contributed by atoms with Gasteiger partial charge in [-0.3, -0.25) is 33.7 Å². The zero-order chi connectivity index (χ0) is 54.0. The van der Waals surface area contributed by atoms with E-state index in [1.807, 2.05) is 12.1 Å². The molecule has 5 heterocycles. The van der Waals surface area contributed by atoms with Crippen LogP contribution in [-0.2, 0) is 36.8 Å². The lowest BCUT2D eigenvalue weighted by Crippen LogP contribution is -2.62. The molecule has 6 atom stereocenters. The van der Waals surface area contributed by atoms with Crippen molar-refractivity contribution < 1.29 is 51.7 Å². The van der Waals surface area contributed by atoms with Crippen LogP contribution in [0.1, 0.15) is 62.8 Å². The van der Waals surface area contributed by atoms with Crippen molar-refractivity contribution in [3.8, 4) is 23.1 Å². The van der Waals surface area contributed by atoms with Crippen molar-refractivity contribution in [2.24, 2.45) is 10.8 Å². The molecule has 5 N–H and O–H groups in total. The van der Waals surface area contributed by atoms with Crippen LogP contribution in [0.2, 0.25) is 5.02 Å². The summed E-state index contributed by atoms with van der Waals surface area (Å²) in [5, 5.41) is 20.6. The number of piperazine rings is 1. The summed E-state index contributed by atoms with van der Waals surface area (Å²) in [6.07, 6.45) is 0.119. The van der Waals surface area contributed by atoms with Crippen LogP contribution < -0.4 is 26.3 Å². The Balaban J connectivity index is 1.14. The Morgan fingerprint density at radius 2 is 1.57 bits per heavy atom. The molecule has 0 radical (unpaired) electrons. The number of carbonyl (C=O) groups is 4. The summed E-state index contributed by atoms with van der Waals surface area (Å²) in [7, 11) is 2.34. The van der Waals surface area contributed by atoms with Crippen molar-refractivity contribution in [3.05, 3.63) is 112 Å². The third-order valence-corrected chi connectivity index (χ3v) is 14.2. The minimum absolute atomic E-state index is 0.0748. The number of hydrogen-bond acceptors (Lipinski definition) is 13. The van der Waals surface area contributed by atoms with Crippen LogP contribution in [0.25, 0.3) is 11.3 Å². The number of hydrogen-bond donors (Lipinski definition) is 5. The van der Waals surface area contributed by atoms with Gasteiger partial charge in [0.05, 0.1) is 57.6 Å². The number of ether oxygens (including phenoxy) is 3. The molecule has 4 aromatic rings. The number of aliphatic hydroxyl groups excluding tert-OH is 1. The lowest BCUT2D eigenvalue weighted by Gasteiger charge is -2.47. The average molecular weight is 1060 g/mol. The predicted molar refractivity (Wildman–Crippen MR) is 275 cm³/mol. The molecule has 3 fully saturated rings. The van der Waals surface area contributed by atoms with Gasteiger partial charge in [0, 0.05) is 95.8 Å². The second-order valence-corrected chi connectivity index (χ2v) is 20.9. The number of nitrogens with zero attached hydrogens (tertiary/aromatic N) is 5. The van der Waals surface area contributed by atoms with Crippen molar-refractivity contribution >= 4 is 41.4 Å². The number of nitrogens with one attached hydrogen (secondary N) is 4. The van der Waals surface area contributed by atoms with E-state index in [0.717, 1.165) is 49.8 Å². The van der Waals surface area contributed by atoms with Gasteiger partial charge in [-0.1, -0.05) is 69.3 Å². The maximum Gasteiger partial charge on any atom is 0.407 e. The fourth-order valence-electron chi connectivity index (χ4n) is 9.45. The van der Waals surface area contributed by atoms with Gasteiger partial charge in [0.25, 0.3) is 5.91 Å². The van der Waals surface area contributed by atoms with Crippen molar-refractivity contribution in [1.29, 1.82) is 0 Å². The van der Waals surface area contributed by atoms with Crippen molar-refractivity contribution in [3.63, 3.8) is 0 Å². The SMILES string of the molecule is CNC(=O)O[C@H](C(=O)NN(Cc1c(F)cc(-c2ccccn2)cc1Cl)C[C@H](O)[C@H](Cc1ccc(C#Cc2ccc(N3C[C@@H]4CC[C@@H](C3)N4C3COC3)nc2)cc1)NC(=O)[C@@H](NC(=O)OC)C(C)(C)CF)C(C)(C)CF. The van der Waals surface area contributed by atoms with Gasteiger partial charge in [-0.15, -0.1) is 0 Å². The Hall–Kier alpha value is -6.50. The lowest BCUT2D eigenvalue weighted by atomic mass is 9.85. The summed E-state index contributed by atoms with van der Waals surface area (Å²) in [6, 6.07) is 17.4. The summed E-state index contributed by atoms with van der Waals surface area (Å²) in [5.41, 5.74) is 2.12. The number of amides is 4. The highest BCUT2D eigenvalue weighted by Gasteiger charge is 2.46. The fraction of sp³-hybridized carbons (Fsp3) is 0.481. The smallest absolute Gasteiger partial charge is 0.407 e. The zero-order valence-corrected chi connectivity index (χ0v) is 43.6. The Morgan fingerprint density at radius 1 is 0.893 bits per heavy atom. The standard InChI is InChI=1S/C54H65ClF3N9O8/c1-53(2,31-56)47(63-52(72)73-6)49(69)62-44(21-34-13-10-33(11-14-34)12-15-35-16-19-46(61-24-35)65-25-37-17-18-38(26-65)67(37)39-29-74-30-39)45(68)28-66(64-50(70)48(54(3,4)32-57)75-51(71)59-5)27-40-41(55)22-36(23-42(40)58)43-9-7-8-20-60-43/h7-11,13-14,16,19-20,22-24,37-39,44-45,47-48,68H,17-18,21,25-32H2,1-6H3,(H,59,71)(H,62,69)(H,63,72)(H,64,70)/t37-,38-,44-,45-,47+,48+/m0/s1. The highest BCUT2D eigenvalue weighted by molar-refractivity contribution is 6.31. The number of benzene rings is 2. The molecule has 4 amide bonds. The number of aromatic nitrogens is 2. The number of aliphatic hydroxyl groups is 1. The van der Waals surface area contributed by atoms with Crippen molar-refractivity contribution in [1.82, 2.24) is 41.3 Å². The lowest BCUT2D eigenvalue weighted by molar-refractivity contribution is -0.143. The van der Waals surface area contributed by atoms with E-state index in [1.54, 1.807) is 48.7 Å². The first-order valence-corrected chi connectivity index (χ1v) is 25.2. The first kappa shape index (κ1) is 56.2. The van der Waals surface area contributed by atoms with Gasteiger partial charge in [-0.05, 0) is 73.4 Å². The number of halogens is 4. The molecule has 17 nitrogen and oxygen atoms in total. The molecule has 7 rings (SSSR count). The quantitative estimate of drug-likeness (QED) is 0.0530. The van der Waals surface area contributed by atoms with Gasteiger partial charge in [0.2, 0.25) is 5.91 Å². The molecule has 2 aromatic heterocycles. The summed E-state index contributed by atoms with van der Waals surface area (Å²) in [4.78, 5) is 67.2. The Bertz CT molecular complexity index is 2660. The topological polar surface area (TPSA) is 200 Å². The molecule has 402 valence electrons. The van der Waals surface area contributed by atoms with E-state index in [0.29, 0.717) is 40.5 Å². The molecule has 21 heteroatoms. The van der Waals surface area contributed by atoms with Crippen LogP contribution in [0.3, 0.4) is 0 Å². The first-order valence-electron chi connectivity index (χ1n) is 24.8. The van der Waals surface area contributed by atoms with Gasteiger partial charge < -0.3 is 40.2 Å². The van der Waals surface area contributed by atoms with Gasteiger partial charge in [-0.2, -0.15) is 0 Å². The van der Waals surface area contributed by atoms with Crippen molar-refractivity contribution in [2.75, 3.05) is 65.3 Å². The van der Waals surface area contributed by atoms with Gasteiger partial charge >= 0.3 is 12.2 Å². The number of alkyl halides is 2. The molecule has 3 saturated heterocycles. The van der Waals surface area contributed by atoms with Crippen LogP contribution in [0, 0.1) is 28.5 Å². The molecule has 2 aromatic carbocycles. The number of pyridine rings is 2. The number of alkyl carbamates (subject to hydrolysis) is 2. The minimum atomic E-state index is -1.75. The first-order chi connectivity index (χ1) is 35.8. The predicted octanol–water partition coefficient (Wildman–Crippen LogP) is 5.75. The van der Waals surface area contributed by atoms with Gasteiger partial charge in [0.15, 0.2) is 6.10 Å². The maximum atomic E-state index is 16.2. The third-order valence-electron chi connectivity index (χ3n) is 13.9. The molecular weight excluding hydrogens is 995 g/mol. The maximum absolute atomic E-state index is 16.2. The Kier molecular flexibility index (Phi) is 18.7. The average Bonchev–Trinajstić information content (AvgIpc) is 3.62. The van der Waals surface area contributed by atoms with E-state index in [1.165, 1.54) is 65.9 Å². The van der Waals surface area contributed by atoms with Crippen LogP contribution in [0.5, 0.6) is 0 Å². The minimum Gasteiger partial charge on any atom is -0.453 e. The van der Waals surface area contributed by atoms with E-state index in [2.05, 4.69) is 48.0 Å². The highest BCUT2D eigenvalue weighted by Crippen LogP contribution is 2.36. The number of rotatable bonds is 20. The molecular formula is C54H65ClF3N9O8. The van der Waals surface area contributed by atoms with Crippen LogP contribution in [0.15, 0.2) is 79.1 Å². The molecule has 75 heavy (non-hydrogen) atoms. The molecule has 0 saturated carbocycles. The summed E-state index contributed by atoms with van der Waals surface area (Å²) < 4.78 is 60.7. The number of methoxy groups -OCH3 is 1. The Morgan fingerprint density at radius 3 is 2.15 bits per heavy atom. The normalized spacial score (nSPS) is 18.4. The zero-order valence-electron chi connectivity index (χ0n) is 42.9. The molecule has 0 spiro atoms. The highest BCUT2D eigenvalue weighted by atomic mass is 35.5. The monoisotopic (exact) mass is 1060 g/mol. The number of carbonyl (C=O) groups excluding carboxylic acids is 4. The van der Waals surface area contributed by atoms with Gasteiger partial charge in [0.1, 0.15) is 17.7 Å². The van der Waals surface area contributed by atoms with E-state index in [-0.39, 0.29) is 17.0 Å². The summed E-state index contributed by atoms with van der Waals surface area (Å²) in [5.74, 6) is 4.52. The summed E-state index contributed by atoms with van der Waals surface area (Å²) >= 11 is 6.72. The molecule has 3 aliphatic heterocycles. The molecule has 3 aliphatic rings. The number of fused-ring (bicyclic) bond motifs is 2. The fourth-order valence-corrected chi connectivity index (χ4v) is 9.72. The summed E-state index contributed by atoms with van der Waals surface area (Å²) in [6.45, 7) is 5.79. The van der Waals surface area contributed by atoms with E-state index >= 15 is 4.39 Å². The third kappa shape index (κ3) is 14.1. The number of hydrazine groups is 1. The molecule has 2 bridgehead atoms. The largest absolute Gasteiger partial charge is 0.453 e. The van der Waals surface area contributed by atoms with E-state index in [9.17, 15) is 33.1 Å². The molecule has 0 aliphatic carbocycles. The van der Waals surface area contributed by atoms with Crippen LogP contribution >= 0.6 is 11.6 Å².